The van der Waals surface area contributed by atoms with Crippen LogP contribution in [0.25, 0.3) is 0 Å². The molecule has 0 aliphatic carbocycles. The molecule has 0 bridgehead atoms. The maximum Gasteiger partial charge on any atom is 0.419 e. The highest BCUT2D eigenvalue weighted by Gasteiger charge is 2.35. The van der Waals surface area contributed by atoms with Crippen LogP contribution < -0.4 is 9.47 Å². The number of methoxy groups -OCH3 is 1. The third-order valence-corrected chi connectivity index (χ3v) is 3.10. The van der Waals surface area contributed by atoms with Crippen molar-refractivity contribution in [2.75, 3.05) is 7.11 Å². The average Bonchev–Trinajstić information content (AvgIpc) is 2.47. The zero-order chi connectivity index (χ0) is 15.5. The Morgan fingerprint density at radius 3 is 2.24 bits per heavy atom. The largest absolute Gasteiger partial charge is 0.493 e. The van der Waals surface area contributed by atoms with Gasteiger partial charge < -0.3 is 9.47 Å². The van der Waals surface area contributed by atoms with Gasteiger partial charge in [-0.05, 0) is 29.8 Å². The minimum absolute atomic E-state index is 0.00197. The third-order valence-electron chi connectivity index (χ3n) is 2.79. The van der Waals surface area contributed by atoms with E-state index in [1.807, 2.05) is 0 Å². The summed E-state index contributed by atoms with van der Waals surface area (Å²) in [6, 6.07) is 10.2. The number of rotatable bonds is 4. The van der Waals surface area contributed by atoms with Gasteiger partial charge in [-0.2, -0.15) is 13.2 Å². The first kappa shape index (κ1) is 15.5. The topological polar surface area (TPSA) is 18.5 Å². The highest BCUT2D eigenvalue weighted by atomic mass is 35.5. The summed E-state index contributed by atoms with van der Waals surface area (Å²) in [5.41, 5.74) is -0.497. The van der Waals surface area contributed by atoms with E-state index in [1.54, 1.807) is 18.2 Å². The zero-order valence-corrected chi connectivity index (χ0v) is 11.8. The van der Waals surface area contributed by atoms with Crippen molar-refractivity contribution < 1.29 is 22.6 Å². The van der Waals surface area contributed by atoms with Crippen LogP contribution in [0.4, 0.5) is 13.2 Å². The Kier molecular flexibility index (Phi) is 4.63. The molecule has 0 spiro atoms. The molecule has 2 rings (SSSR count). The lowest BCUT2D eigenvalue weighted by Crippen LogP contribution is -2.08. The van der Waals surface area contributed by atoms with E-state index in [2.05, 4.69) is 0 Å². The Hall–Kier alpha value is -1.88. The van der Waals surface area contributed by atoms with Gasteiger partial charge in [-0.3, -0.25) is 0 Å². The smallest absolute Gasteiger partial charge is 0.419 e. The average molecular weight is 317 g/mol. The number of para-hydroxylation sites is 2. The highest BCUT2D eigenvalue weighted by molar-refractivity contribution is 6.17. The predicted molar refractivity (Wildman–Crippen MR) is 74.1 cm³/mol. The fraction of sp³-hybridized carbons (Fsp3) is 0.200. The van der Waals surface area contributed by atoms with E-state index in [1.165, 1.54) is 25.3 Å². The molecule has 0 N–H and O–H groups in total. The van der Waals surface area contributed by atoms with Gasteiger partial charge in [0.2, 0.25) is 0 Å². The SMILES string of the molecule is COc1ccccc1Oc1ccc(CCl)cc1C(F)(F)F. The van der Waals surface area contributed by atoms with Crippen LogP contribution in [-0.4, -0.2) is 7.11 Å². The molecule has 2 aromatic carbocycles. The number of ether oxygens (including phenoxy) is 2. The van der Waals surface area contributed by atoms with Crippen LogP contribution in [0.15, 0.2) is 42.5 Å². The summed E-state index contributed by atoms with van der Waals surface area (Å²) >= 11 is 5.58. The standard InChI is InChI=1S/C15H12ClF3O2/c1-20-13-4-2-3-5-14(13)21-12-7-6-10(9-16)8-11(12)15(17,18)19/h2-8H,9H2,1H3. The van der Waals surface area contributed by atoms with Gasteiger partial charge in [-0.25, -0.2) is 0 Å². The second kappa shape index (κ2) is 6.26. The van der Waals surface area contributed by atoms with E-state index in [4.69, 9.17) is 21.1 Å². The number of hydrogen-bond acceptors (Lipinski definition) is 2. The van der Waals surface area contributed by atoms with Gasteiger partial charge in [0.05, 0.1) is 12.7 Å². The molecule has 0 unspecified atom stereocenters. The maximum absolute atomic E-state index is 13.1. The molecule has 112 valence electrons. The molecule has 2 aromatic rings. The Balaban J connectivity index is 2.44. The summed E-state index contributed by atoms with van der Waals surface area (Å²) in [6.45, 7) is 0. The van der Waals surface area contributed by atoms with Crippen LogP contribution in [0.2, 0.25) is 0 Å². The molecular weight excluding hydrogens is 305 g/mol. The van der Waals surface area contributed by atoms with Crippen molar-refractivity contribution in [3.63, 3.8) is 0 Å². The van der Waals surface area contributed by atoms with Crippen molar-refractivity contribution in [1.29, 1.82) is 0 Å². The molecular formula is C15H12ClF3O2. The second-order valence-corrected chi connectivity index (χ2v) is 4.48. The van der Waals surface area contributed by atoms with Crippen LogP contribution in [0.3, 0.4) is 0 Å². The maximum atomic E-state index is 13.1. The van der Waals surface area contributed by atoms with E-state index < -0.39 is 11.7 Å². The minimum atomic E-state index is -4.53. The van der Waals surface area contributed by atoms with Crippen molar-refractivity contribution in [3.8, 4) is 17.2 Å². The van der Waals surface area contributed by atoms with Gasteiger partial charge in [0.25, 0.3) is 0 Å². The van der Waals surface area contributed by atoms with Crippen LogP contribution in [0, 0.1) is 0 Å². The van der Waals surface area contributed by atoms with Crippen molar-refractivity contribution in [1.82, 2.24) is 0 Å². The normalized spacial score (nSPS) is 11.3. The van der Waals surface area contributed by atoms with Gasteiger partial charge in [0.15, 0.2) is 11.5 Å². The van der Waals surface area contributed by atoms with Gasteiger partial charge in [-0.1, -0.05) is 18.2 Å². The van der Waals surface area contributed by atoms with Crippen LogP contribution >= 0.6 is 11.6 Å². The predicted octanol–water partition coefficient (Wildman–Crippen LogP) is 5.25. The summed E-state index contributed by atoms with van der Waals surface area (Å²) in [5, 5.41) is 0. The van der Waals surface area contributed by atoms with Gasteiger partial charge in [0.1, 0.15) is 5.75 Å². The molecule has 0 saturated heterocycles. The monoisotopic (exact) mass is 316 g/mol. The summed E-state index contributed by atoms with van der Waals surface area (Å²) in [4.78, 5) is 0. The van der Waals surface area contributed by atoms with Crippen molar-refractivity contribution in [2.24, 2.45) is 0 Å². The van der Waals surface area contributed by atoms with E-state index in [9.17, 15) is 13.2 Å². The minimum Gasteiger partial charge on any atom is -0.493 e. The molecule has 2 nitrogen and oxygen atoms in total. The number of alkyl halides is 4. The van der Waals surface area contributed by atoms with Gasteiger partial charge >= 0.3 is 6.18 Å². The molecule has 0 aliphatic heterocycles. The first-order valence-corrected chi connectivity index (χ1v) is 6.56. The van der Waals surface area contributed by atoms with Crippen LogP contribution in [-0.2, 0) is 12.1 Å². The Morgan fingerprint density at radius 2 is 1.67 bits per heavy atom. The lowest BCUT2D eigenvalue weighted by atomic mass is 10.1. The highest BCUT2D eigenvalue weighted by Crippen LogP contribution is 2.40. The van der Waals surface area contributed by atoms with Gasteiger partial charge in [-0.15, -0.1) is 11.6 Å². The molecule has 21 heavy (non-hydrogen) atoms. The van der Waals surface area contributed by atoms with Crippen LogP contribution in [0.1, 0.15) is 11.1 Å². The first-order valence-electron chi connectivity index (χ1n) is 6.02. The van der Waals surface area contributed by atoms with E-state index >= 15 is 0 Å². The fourth-order valence-corrected chi connectivity index (χ4v) is 1.96. The fourth-order valence-electron chi connectivity index (χ4n) is 1.79. The molecule has 0 heterocycles. The molecule has 0 aliphatic rings. The number of benzene rings is 2. The Bertz CT molecular complexity index is 627. The molecule has 0 saturated carbocycles. The molecule has 6 heteroatoms. The molecule has 0 fully saturated rings. The molecule has 0 radical (unpaired) electrons. The van der Waals surface area contributed by atoms with Crippen molar-refractivity contribution in [2.45, 2.75) is 12.1 Å². The Morgan fingerprint density at radius 1 is 1.00 bits per heavy atom. The van der Waals surface area contributed by atoms with Gasteiger partial charge in [0, 0.05) is 5.88 Å². The summed E-state index contributed by atoms with van der Waals surface area (Å²) < 4.78 is 49.7. The van der Waals surface area contributed by atoms with E-state index in [-0.39, 0.29) is 17.4 Å². The quantitative estimate of drug-likeness (QED) is 0.718. The summed E-state index contributed by atoms with van der Waals surface area (Å²) in [5.74, 6) is 0.273. The molecule has 0 aromatic heterocycles. The number of halogens is 4. The third kappa shape index (κ3) is 3.61. The molecule has 0 amide bonds. The Labute approximate surface area is 125 Å². The lowest BCUT2D eigenvalue weighted by molar-refractivity contribution is -0.138. The van der Waals surface area contributed by atoms with Crippen LogP contribution in [0.5, 0.6) is 17.2 Å². The van der Waals surface area contributed by atoms with Crippen molar-refractivity contribution in [3.05, 3.63) is 53.6 Å². The first-order chi connectivity index (χ1) is 9.95. The summed E-state index contributed by atoms with van der Waals surface area (Å²) in [7, 11) is 1.42. The summed E-state index contributed by atoms with van der Waals surface area (Å²) in [6.07, 6.45) is -4.53. The zero-order valence-electron chi connectivity index (χ0n) is 11.1. The lowest BCUT2D eigenvalue weighted by Gasteiger charge is -2.16. The van der Waals surface area contributed by atoms with E-state index in [0.29, 0.717) is 11.3 Å². The van der Waals surface area contributed by atoms with E-state index in [0.717, 1.165) is 6.07 Å². The molecule has 0 atom stereocenters. The second-order valence-electron chi connectivity index (χ2n) is 4.21. The van der Waals surface area contributed by atoms with Crippen molar-refractivity contribution >= 4 is 11.6 Å². The number of hydrogen-bond donors (Lipinski definition) is 0.